The van der Waals surface area contributed by atoms with E-state index in [0.29, 0.717) is 0 Å². The Bertz CT molecular complexity index is 556. The van der Waals surface area contributed by atoms with Gasteiger partial charge in [0.05, 0.1) is 17.9 Å². The van der Waals surface area contributed by atoms with E-state index >= 15 is 0 Å². The van der Waals surface area contributed by atoms with Gasteiger partial charge in [-0.3, -0.25) is 4.68 Å². The van der Waals surface area contributed by atoms with Crippen LogP contribution in [-0.2, 0) is 7.05 Å². The predicted molar refractivity (Wildman–Crippen MR) is 74.2 cm³/mol. The first-order valence-electron chi connectivity index (χ1n) is 6.74. The van der Waals surface area contributed by atoms with Crippen molar-refractivity contribution >= 4 is 0 Å². The fourth-order valence-corrected chi connectivity index (χ4v) is 2.08. The number of alkyl halides is 2. The molecule has 0 aliphatic heterocycles. The van der Waals surface area contributed by atoms with Crippen LogP contribution in [0, 0.1) is 0 Å². The van der Waals surface area contributed by atoms with Gasteiger partial charge in [-0.15, -0.1) is 5.10 Å². The van der Waals surface area contributed by atoms with Gasteiger partial charge >= 0.3 is 6.61 Å². The molecule has 5 nitrogen and oxygen atoms in total. The third kappa shape index (κ3) is 3.98. The van der Waals surface area contributed by atoms with Crippen LogP contribution in [0.15, 0.2) is 30.5 Å². The van der Waals surface area contributed by atoms with Gasteiger partial charge in [0.15, 0.2) is 0 Å². The van der Waals surface area contributed by atoms with E-state index in [1.54, 1.807) is 23.0 Å². The number of aromatic nitrogens is 3. The fraction of sp³-hybridized carbons (Fsp3) is 0.429. The van der Waals surface area contributed by atoms with Crippen molar-refractivity contribution in [3.63, 3.8) is 0 Å². The molecule has 1 aromatic carbocycles. The van der Waals surface area contributed by atoms with Gasteiger partial charge in [0, 0.05) is 7.05 Å². The smallest absolute Gasteiger partial charge is 0.387 e. The predicted octanol–water partition coefficient (Wildman–Crippen LogP) is 2.51. The van der Waals surface area contributed by atoms with Crippen LogP contribution < -0.4 is 10.1 Å². The molecule has 0 saturated carbocycles. The Morgan fingerprint density at radius 2 is 2.00 bits per heavy atom. The van der Waals surface area contributed by atoms with Gasteiger partial charge in [-0.05, 0) is 30.7 Å². The normalized spacial score (nSPS) is 12.6. The van der Waals surface area contributed by atoms with Gasteiger partial charge in [0.1, 0.15) is 5.75 Å². The Morgan fingerprint density at radius 3 is 2.52 bits per heavy atom. The molecule has 1 unspecified atom stereocenters. The molecule has 0 amide bonds. The van der Waals surface area contributed by atoms with E-state index in [1.807, 2.05) is 7.05 Å². The average molecular weight is 296 g/mol. The minimum Gasteiger partial charge on any atom is -0.435 e. The van der Waals surface area contributed by atoms with E-state index < -0.39 is 6.61 Å². The highest BCUT2D eigenvalue weighted by atomic mass is 19.3. The van der Waals surface area contributed by atoms with Crippen molar-refractivity contribution in [1.82, 2.24) is 20.3 Å². The molecule has 2 rings (SSSR count). The van der Waals surface area contributed by atoms with Crippen LogP contribution in [0.25, 0.3) is 0 Å². The van der Waals surface area contributed by atoms with E-state index in [2.05, 4.69) is 27.3 Å². The van der Waals surface area contributed by atoms with Crippen molar-refractivity contribution in [1.29, 1.82) is 0 Å². The number of halogens is 2. The van der Waals surface area contributed by atoms with Gasteiger partial charge in [0.25, 0.3) is 0 Å². The second-order valence-electron chi connectivity index (χ2n) is 4.62. The summed E-state index contributed by atoms with van der Waals surface area (Å²) in [4.78, 5) is 0. The summed E-state index contributed by atoms with van der Waals surface area (Å²) in [5.41, 5.74) is 1.85. The van der Waals surface area contributed by atoms with E-state index in [0.717, 1.165) is 24.2 Å². The Balaban J connectivity index is 2.22. The Kier molecular flexibility index (Phi) is 5.21. The molecule has 1 aromatic heterocycles. The fourth-order valence-electron chi connectivity index (χ4n) is 2.08. The molecular weight excluding hydrogens is 278 g/mol. The van der Waals surface area contributed by atoms with Crippen LogP contribution in [0.5, 0.6) is 5.75 Å². The standard InChI is InChI=1S/C14H18F2N4O/c1-3-8-17-13(12-9-18-19-20(12)2)10-4-6-11(7-5-10)21-14(15)16/h4-7,9,13-14,17H,3,8H2,1-2H3. The quantitative estimate of drug-likeness (QED) is 0.853. The maximum Gasteiger partial charge on any atom is 0.387 e. The summed E-state index contributed by atoms with van der Waals surface area (Å²) >= 11 is 0. The van der Waals surface area contributed by atoms with E-state index in [-0.39, 0.29) is 11.8 Å². The number of aryl methyl sites for hydroxylation is 1. The molecule has 2 aromatic rings. The van der Waals surface area contributed by atoms with Gasteiger partial charge in [-0.25, -0.2) is 0 Å². The SMILES string of the molecule is CCCNC(c1ccc(OC(F)F)cc1)c1cnnn1C. The number of nitrogens with zero attached hydrogens (tertiary/aromatic N) is 3. The number of nitrogens with one attached hydrogen (secondary N) is 1. The molecule has 1 atom stereocenters. The van der Waals surface area contributed by atoms with Crippen LogP contribution in [0.1, 0.15) is 30.6 Å². The van der Waals surface area contributed by atoms with Crippen LogP contribution in [0.4, 0.5) is 8.78 Å². The molecule has 0 spiro atoms. The minimum absolute atomic E-state index is 0.0921. The number of rotatable bonds is 7. The van der Waals surface area contributed by atoms with Crippen molar-refractivity contribution < 1.29 is 13.5 Å². The summed E-state index contributed by atoms with van der Waals surface area (Å²) in [6.45, 7) is 0.0853. The summed E-state index contributed by atoms with van der Waals surface area (Å²) in [6.07, 6.45) is 2.67. The second kappa shape index (κ2) is 7.12. The summed E-state index contributed by atoms with van der Waals surface area (Å²) in [6, 6.07) is 6.50. The van der Waals surface area contributed by atoms with Crippen LogP contribution in [0.3, 0.4) is 0 Å². The van der Waals surface area contributed by atoms with Gasteiger partial charge < -0.3 is 10.1 Å². The van der Waals surface area contributed by atoms with Crippen LogP contribution in [0.2, 0.25) is 0 Å². The lowest BCUT2D eigenvalue weighted by Crippen LogP contribution is -2.25. The zero-order valence-electron chi connectivity index (χ0n) is 12.0. The highest BCUT2D eigenvalue weighted by molar-refractivity contribution is 5.32. The average Bonchev–Trinajstić information content (AvgIpc) is 2.87. The third-order valence-electron chi connectivity index (χ3n) is 3.08. The van der Waals surface area contributed by atoms with Crippen LogP contribution >= 0.6 is 0 Å². The van der Waals surface area contributed by atoms with Crippen molar-refractivity contribution in [3.8, 4) is 5.75 Å². The largest absolute Gasteiger partial charge is 0.435 e. The van der Waals surface area contributed by atoms with Crippen LogP contribution in [-0.4, -0.2) is 28.2 Å². The summed E-state index contributed by atoms with van der Waals surface area (Å²) in [5, 5.41) is 11.2. The van der Waals surface area contributed by atoms with Crippen molar-refractivity contribution in [3.05, 3.63) is 41.7 Å². The molecule has 1 N–H and O–H groups in total. The molecule has 7 heteroatoms. The molecular formula is C14H18F2N4O. The number of hydrogen-bond donors (Lipinski definition) is 1. The topological polar surface area (TPSA) is 52.0 Å². The number of hydrogen-bond acceptors (Lipinski definition) is 4. The van der Waals surface area contributed by atoms with E-state index in [4.69, 9.17) is 0 Å². The Morgan fingerprint density at radius 1 is 1.29 bits per heavy atom. The zero-order chi connectivity index (χ0) is 15.2. The first kappa shape index (κ1) is 15.4. The lowest BCUT2D eigenvalue weighted by molar-refractivity contribution is -0.0498. The van der Waals surface area contributed by atoms with Crippen molar-refractivity contribution in [2.75, 3.05) is 6.54 Å². The molecule has 0 aliphatic rings. The van der Waals surface area contributed by atoms with Gasteiger partial charge in [0.2, 0.25) is 0 Å². The summed E-state index contributed by atoms with van der Waals surface area (Å²) in [7, 11) is 1.82. The Labute approximate surface area is 121 Å². The first-order valence-corrected chi connectivity index (χ1v) is 6.74. The van der Waals surface area contributed by atoms with Gasteiger partial charge in [-0.2, -0.15) is 8.78 Å². The summed E-state index contributed by atoms with van der Waals surface area (Å²) in [5.74, 6) is 0.145. The van der Waals surface area contributed by atoms with E-state index in [1.165, 1.54) is 12.1 Å². The second-order valence-corrected chi connectivity index (χ2v) is 4.62. The number of benzene rings is 1. The van der Waals surface area contributed by atoms with Gasteiger partial charge in [-0.1, -0.05) is 24.3 Å². The maximum atomic E-state index is 12.2. The lowest BCUT2D eigenvalue weighted by Gasteiger charge is -2.19. The molecule has 0 bridgehead atoms. The highest BCUT2D eigenvalue weighted by Gasteiger charge is 2.17. The molecule has 21 heavy (non-hydrogen) atoms. The molecule has 0 aliphatic carbocycles. The van der Waals surface area contributed by atoms with Crippen molar-refractivity contribution in [2.24, 2.45) is 7.05 Å². The lowest BCUT2D eigenvalue weighted by atomic mass is 10.0. The molecule has 0 fully saturated rings. The maximum absolute atomic E-state index is 12.2. The molecule has 0 saturated heterocycles. The van der Waals surface area contributed by atoms with Crippen molar-refractivity contribution in [2.45, 2.75) is 26.0 Å². The Hall–Kier alpha value is -2.02. The molecule has 0 radical (unpaired) electrons. The molecule has 114 valence electrons. The molecule has 1 heterocycles. The first-order chi connectivity index (χ1) is 10.1. The summed E-state index contributed by atoms with van der Waals surface area (Å²) < 4.78 is 30.4. The third-order valence-corrected chi connectivity index (χ3v) is 3.08. The zero-order valence-corrected chi connectivity index (χ0v) is 12.0. The highest BCUT2D eigenvalue weighted by Crippen LogP contribution is 2.24. The minimum atomic E-state index is -2.81. The number of ether oxygens (including phenoxy) is 1. The monoisotopic (exact) mass is 296 g/mol. The van der Waals surface area contributed by atoms with E-state index in [9.17, 15) is 8.78 Å².